The van der Waals surface area contributed by atoms with Gasteiger partial charge < -0.3 is 20.3 Å². The largest absolute Gasteiger partial charge is 0.378 e. The van der Waals surface area contributed by atoms with E-state index in [4.69, 9.17) is 4.74 Å². The van der Waals surface area contributed by atoms with Crippen molar-refractivity contribution in [3.05, 3.63) is 0 Å². The van der Waals surface area contributed by atoms with E-state index in [1.54, 1.807) is 0 Å². The van der Waals surface area contributed by atoms with E-state index in [1.165, 1.54) is 38.5 Å². The number of carbonyl (C=O) groups excluding carboxylic acids is 1. The Hall–Kier alpha value is -1.34. The highest BCUT2D eigenvalue weighted by molar-refractivity contribution is 5.80. The number of ether oxygens (including phenoxy) is 1. The van der Waals surface area contributed by atoms with E-state index in [1.807, 2.05) is 20.9 Å². The van der Waals surface area contributed by atoms with Gasteiger partial charge in [0.25, 0.3) is 0 Å². The second-order valence-corrected chi connectivity index (χ2v) is 8.65. The molecule has 2 aliphatic rings. The average molecular weight is 410 g/mol. The van der Waals surface area contributed by atoms with Crippen molar-refractivity contribution in [1.29, 1.82) is 0 Å². The maximum atomic E-state index is 11.9. The fraction of sp³-hybridized carbons (Fsp3) is 0.909. The van der Waals surface area contributed by atoms with Gasteiger partial charge in [-0.1, -0.05) is 19.3 Å². The van der Waals surface area contributed by atoms with Crippen LogP contribution in [0.5, 0.6) is 0 Å². The molecule has 0 atom stereocenters. The van der Waals surface area contributed by atoms with Crippen molar-refractivity contribution in [1.82, 2.24) is 20.4 Å². The number of nitrogens with one attached hydrogen (secondary N) is 2. The molecule has 0 bridgehead atoms. The minimum Gasteiger partial charge on any atom is -0.378 e. The maximum absolute atomic E-state index is 11.9. The summed E-state index contributed by atoms with van der Waals surface area (Å²) in [6, 6.07) is 0.200. The third-order valence-corrected chi connectivity index (χ3v) is 5.71. The van der Waals surface area contributed by atoms with Gasteiger partial charge in [0.1, 0.15) is 0 Å². The number of rotatable bonds is 10. The quantitative estimate of drug-likeness (QED) is 0.329. The van der Waals surface area contributed by atoms with Gasteiger partial charge >= 0.3 is 0 Å². The molecule has 7 heteroatoms. The fourth-order valence-electron chi connectivity index (χ4n) is 4.11. The van der Waals surface area contributed by atoms with Gasteiger partial charge in [-0.2, -0.15) is 0 Å². The monoisotopic (exact) mass is 409 g/mol. The summed E-state index contributed by atoms with van der Waals surface area (Å²) in [5.74, 6) is 1.10. The van der Waals surface area contributed by atoms with Crippen LogP contribution in [0, 0.1) is 0 Å². The molecule has 0 unspecified atom stereocenters. The number of amides is 1. The molecule has 7 nitrogen and oxygen atoms in total. The molecule has 168 valence electrons. The molecule has 0 spiro atoms. The van der Waals surface area contributed by atoms with E-state index in [0.29, 0.717) is 12.6 Å². The second-order valence-electron chi connectivity index (χ2n) is 8.65. The molecule has 1 amide bonds. The summed E-state index contributed by atoms with van der Waals surface area (Å²) in [5.41, 5.74) is 0. The molecule has 0 aromatic rings. The molecule has 29 heavy (non-hydrogen) atoms. The van der Waals surface area contributed by atoms with Crippen LogP contribution in [0.2, 0.25) is 0 Å². The molecule has 2 rings (SSSR count). The number of piperazine rings is 1. The summed E-state index contributed by atoms with van der Waals surface area (Å²) in [4.78, 5) is 20.9. The minimum absolute atomic E-state index is 0.114. The van der Waals surface area contributed by atoms with Gasteiger partial charge in [0.2, 0.25) is 5.91 Å². The first-order valence-corrected chi connectivity index (χ1v) is 11.7. The Bertz CT molecular complexity index is 484. The third-order valence-electron chi connectivity index (χ3n) is 5.71. The predicted octanol–water partition coefficient (Wildman–Crippen LogP) is 2.22. The molecule has 2 fully saturated rings. The zero-order valence-electron chi connectivity index (χ0n) is 18.9. The lowest BCUT2D eigenvalue weighted by atomic mass is 9.98. The third kappa shape index (κ3) is 9.81. The number of hydrogen-bond donors (Lipinski definition) is 2. The van der Waals surface area contributed by atoms with Crippen LogP contribution in [0.4, 0.5) is 0 Å². The molecule has 1 aliphatic carbocycles. The van der Waals surface area contributed by atoms with Gasteiger partial charge in [0.05, 0.1) is 12.6 Å². The summed E-state index contributed by atoms with van der Waals surface area (Å²) in [6.45, 7) is 9.94. The van der Waals surface area contributed by atoms with Gasteiger partial charge in [-0.05, 0) is 46.0 Å². The fourth-order valence-corrected chi connectivity index (χ4v) is 4.11. The molecule has 1 heterocycles. The highest BCUT2D eigenvalue weighted by Crippen LogP contribution is 2.20. The second kappa shape index (κ2) is 13.8. The molecule has 1 aliphatic heterocycles. The lowest BCUT2D eigenvalue weighted by molar-refractivity contribution is -0.123. The summed E-state index contributed by atoms with van der Waals surface area (Å²) in [6.07, 6.45) is 10.6. The number of nitrogens with zero attached hydrogens (tertiary/aromatic N) is 3. The van der Waals surface area contributed by atoms with Crippen LogP contribution in [0.25, 0.3) is 0 Å². The molecule has 0 radical (unpaired) electrons. The zero-order chi connectivity index (χ0) is 20.9. The highest BCUT2D eigenvalue weighted by atomic mass is 16.5. The zero-order valence-corrected chi connectivity index (χ0v) is 18.9. The topological polar surface area (TPSA) is 69.2 Å². The summed E-state index contributed by atoms with van der Waals surface area (Å²) < 4.78 is 6.00. The van der Waals surface area contributed by atoms with Crippen molar-refractivity contribution in [3.63, 3.8) is 0 Å². The Kier molecular flexibility index (Phi) is 11.4. The Morgan fingerprint density at radius 3 is 2.45 bits per heavy atom. The van der Waals surface area contributed by atoms with E-state index in [0.717, 1.165) is 58.1 Å². The number of unbranched alkanes of at least 4 members (excludes halogenated alkanes) is 2. The lowest BCUT2D eigenvalue weighted by Gasteiger charge is -2.36. The average Bonchev–Trinajstić information content (AvgIpc) is 2.71. The van der Waals surface area contributed by atoms with Crippen LogP contribution in [0.15, 0.2) is 4.99 Å². The smallest absolute Gasteiger partial charge is 0.234 e. The van der Waals surface area contributed by atoms with Gasteiger partial charge in [0, 0.05) is 52.4 Å². The van der Waals surface area contributed by atoms with E-state index >= 15 is 0 Å². The van der Waals surface area contributed by atoms with Crippen molar-refractivity contribution in [2.45, 2.75) is 77.4 Å². The number of carbonyl (C=O) groups is 1. The Morgan fingerprint density at radius 2 is 1.79 bits per heavy atom. The first-order chi connectivity index (χ1) is 14.1. The van der Waals surface area contributed by atoms with Crippen molar-refractivity contribution in [3.8, 4) is 0 Å². The van der Waals surface area contributed by atoms with Crippen molar-refractivity contribution in [2.24, 2.45) is 4.99 Å². The molecule has 1 saturated carbocycles. The molecular weight excluding hydrogens is 366 g/mol. The number of aliphatic imine (C=N–C) groups is 1. The normalized spacial score (nSPS) is 19.6. The van der Waals surface area contributed by atoms with E-state index in [-0.39, 0.29) is 11.9 Å². The lowest BCUT2D eigenvalue weighted by Crippen LogP contribution is -2.54. The van der Waals surface area contributed by atoms with E-state index in [2.05, 4.69) is 25.4 Å². The van der Waals surface area contributed by atoms with Crippen LogP contribution in [0.1, 0.15) is 65.2 Å². The molecule has 0 aromatic heterocycles. The van der Waals surface area contributed by atoms with Gasteiger partial charge in [0.15, 0.2) is 5.96 Å². The van der Waals surface area contributed by atoms with E-state index in [9.17, 15) is 4.79 Å². The van der Waals surface area contributed by atoms with Crippen LogP contribution >= 0.6 is 0 Å². The predicted molar refractivity (Wildman–Crippen MR) is 119 cm³/mol. The van der Waals surface area contributed by atoms with Crippen molar-refractivity contribution < 1.29 is 9.53 Å². The molecule has 2 N–H and O–H groups in total. The van der Waals surface area contributed by atoms with Crippen LogP contribution in [0.3, 0.4) is 0 Å². The van der Waals surface area contributed by atoms with Crippen LogP contribution in [-0.2, 0) is 9.53 Å². The van der Waals surface area contributed by atoms with Crippen molar-refractivity contribution in [2.75, 3.05) is 52.9 Å². The minimum atomic E-state index is 0.114. The highest BCUT2D eigenvalue weighted by Gasteiger charge is 2.21. The van der Waals surface area contributed by atoms with Gasteiger partial charge in [-0.3, -0.25) is 14.7 Å². The first-order valence-electron chi connectivity index (χ1n) is 11.7. The molecule has 1 saturated heterocycles. The Labute approximate surface area is 177 Å². The molecular formula is C22H43N5O2. The van der Waals surface area contributed by atoms with Crippen molar-refractivity contribution >= 4 is 11.9 Å². The first kappa shape index (κ1) is 23.9. The Morgan fingerprint density at radius 1 is 1.07 bits per heavy atom. The number of guanidine groups is 1. The Balaban J connectivity index is 1.52. The van der Waals surface area contributed by atoms with E-state index < -0.39 is 0 Å². The summed E-state index contributed by atoms with van der Waals surface area (Å²) >= 11 is 0. The maximum Gasteiger partial charge on any atom is 0.234 e. The number of hydrogen-bond acceptors (Lipinski definition) is 4. The SMILES string of the molecule is CN=C(NCCCCCOC1CCCCC1)N1CCN(CC(=O)NC(C)C)CC1. The van der Waals surface area contributed by atoms with Gasteiger partial charge in [-0.15, -0.1) is 0 Å². The standard InChI is InChI=1S/C22H43N5O2/c1-19(2)25-21(28)18-26-13-15-27(16-14-26)22(23-3)24-12-8-5-9-17-29-20-10-6-4-7-11-20/h19-20H,4-18H2,1-3H3,(H,23,24)(H,25,28). The summed E-state index contributed by atoms with van der Waals surface area (Å²) in [7, 11) is 1.85. The van der Waals surface area contributed by atoms with Crippen LogP contribution < -0.4 is 10.6 Å². The summed E-state index contributed by atoms with van der Waals surface area (Å²) in [5, 5.41) is 6.46. The van der Waals surface area contributed by atoms with Gasteiger partial charge in [-0.25, -0.2) is 0 Å². The molecule has 0 aromatic carbocycles. The van der Waals surface area contributed by atoms with Crippen LogP contribution in [-0.4, -0.2) is 86.7 Å².